The fourth-order valence-electron chi connectivity index (χ4n) is 1.75. The molecule has 1 aromatic carbocycles. The first-order valence-corrected chi connectivity index (χ1v) is 5.51. The summed E-state index contributed by atoms with van der Waals surface area (Å²) in [4.78, 5) is 4.37. The second kappa shape index (κ2) is 4.00. The molecule has 16 heavy (non-hydrogen) atoms. The molecule has 2 rings (SSSR count). The molecule has 0 saturated heterocycles. The van der Waals surface area contributed by atoms with Crippen molar-refractivity contribution in [2.45, 2.75) is 27.3 Å². The lowest BCUT2D eigenvalue weighted by Gasteiger charge is -2.05. The van der Waals surface area contributed by atoms with Crippen LogP contribution in [0.3, 0.4) is 0 Å². The number of nitrogens with two attached hydrogens (primary N) is 1. The van der Waals surface area contributed by atoms with Crippen molar-refractivity contribution in [2.24, 2.45) is 0 Å². The smallest absolute Gasteiger partial charge is 0.131 e. The van der Waals surface area contributed by atoms with Crippen LogP contribution in [-0.4, -0.2) is 9.55 Å². The van der Waals surface area contributed by atoms with E-state index in [1.165, 1.54) is 11.1 Å². The van der Waals surface area contributed by atoms with Crippen LogP contribution in [0.1, 0.15) is 18.1 Å². The van der Waals surface area contributed by atoms with Crippen molar-refractivity contribution in [1.82, 2.24) is 9.55 Å². The quantitative estimate of drug-likeness (QED) is 0.837. The standard InChI is InChI=1S/C13H17N3/c1-4-16-8-15-12(13(16)14)11-6-5-9(2)10(3)7-11/h5-8H,4,14H2,1-3H3. The summed E-state index contributed by atoms with van der Waals surface area (Å²) < 4.78 is 1.95. The minimum atomic E-state index is 0.741. The van der Waals surface area contributed by atoms with Crippen molar-refractivity contribution in [3.63, 3.8) is 0 Å². The number of hydrogen-bond donors (Lipinski definition) is 1. The largest absolute Gasteiger partial charge is 0.383 e. The highest BCUT2D eigenvalue weighted by Crippen LogP contribution is 2.25. The third-order valence-corrected chi connectivity index (χ3v) is 3.00. The van der Waals surface area contributed by atoms with Gasteiger partial charge in [0.2, 0.25) is 0 Å². The number of aromatic nitrogens is 2. The first kappa shape index (κ1) is 10.7. The average Bonchev–Trinajstić information content (AvgIpc) is 2.64. The lowest BCUT2D eigenvalue weighted by atomic mass is 10.0. The van der Waals surface area contributed by atoms with Gasteiger partial charge in [-0.2, -0.15) is 0 Å². The molecule has 0 aliphatic rings. The van der Waals surface area contributed by atoms with Gasteiger partial charge in [-0.15, -0.1) is 0 Å². The molecule has 0 radical (unpaired) electrons. The maximum atomic E-state index is 6.03. The first-order chi connectivity index (χ1) is 7.63. The summed E-state index contributed by atoms with van der Waals surface area (Å²) in [7, 11) is 0. The number of nitrogens with zero attached hydrogens (tertiary/aromatic N) is 2. The summed E-state index contributed by atoms with van der Waals surface area (Å²) in [6.07, 6.45) is 1.79. The SMILES string of the molecule is CCn1cnc(-c2ccc(C)c(C)c2)c1N. The summed E-state index contributed by atoms with van der Waals surface area (Å²) in [5.41, 5.74) is 10.6. The molecule has 1 aromatic heterocycles. The number of aryl methyl sites for hydroxylation is 3. The Morgan fingerprint density at radius 3 is 2.56 bits per heavy atom. The van der Waals surface area contributed by atoms with E-state index < -0.39 is 0 Å². The first-order valence-electron chi connectivity index (χ1n) is 5.51. The molecular weight excluding hydrogens is 198 g/mol. The van der Waals surface area contributed by atoms with Gasteiger partial charge >= 0.3 is 0 Å². The van der Waals surface area contributed by atoms with Crippen LogP contribution in [0.2, 0.25) is 0 Å². The number of anilines is 1. The Kier molecular flexibility index (Phi) is 2.69. The molecule has 0 atom stereocenters. The molecular formula is C13H17N3. The van der Waals surface area contributed by atoms with Gasteiger partial charge in [-0.25, -0.2) is 4.98 Å². The van der Waals surface area contributed by atoms with Gasteiger partial charge in [0.25, 0.3) is 0 Å². The Labute approximate surface area is 95.9 Å². The van der Waals surface area contributed by atoms with Crippen LogP contribution < -0.4 is 5.73 Å². The minimum Gasteiger partial charge on any atom is -0.383 e. The van der Waals surface area contributed by atoms with Crippen LogP contribution in [0.15, 0.2) is 24.5 Å². The molecule has 84 valence electrons. The topological polar surface area (TPSA) is 43.8 Å². The van der Waals surface area contributed by atoms with E-state index in [1.807, 2.05) is 4.57 Å². The van der Waals surface area contributed by atoms with E-state index >= 15 is 0 Å². The second-order valence-corrected chi connectivity index (χ2v) is 4.06. The van der Waals surface area contributed by atoms with Gasteiger partial charge in [0, 0.05) is 12.1 Å². The molecule has 2 aromatic rings. The lowest BCUT2D eigenvalue weighted by molar-refractivity contribution is 0.771. The van der Waals surface area contributed by atoms with Crippen molar-refractivity contribution in [1.29, 1.82) is 0 Å². The zero-order valence-electron chi connectivity index (χ0n) is 9.99. The van der Waals surface area contributed by atoms with E-state index in [0.29, 0.717) is 0 Å². The van der Waals surface area contributed by atoms with Gasteiger partial charge < -0.3 is 10.3 Å². The summed E-state index contributed by atoms with van der Waals surface area (Å²) >= 11 is 0. The van der Waals surface area contributed by atoms with Gasteiger partial charge in [-0.1, -0.05) is 12.1 Å². The maximum absolute atomic E-state index is 6.03. The molecule has 1 heterocycles. The van der Waals surface area contributed by atoms with Crippen molar-refractivity contribution in [3.05, 3.63) is 35.7 Å². The summed E-state index contributed by atoms with van der Waals surface area (Å²) in [5, 5.41) is 0. The van der Waals surface area contributed by atoms with E-state index in [4.69, 9.17) is 5.73 Å². The zero-order chi connectivity index (χ0) is 11.7. The molecule has 0 bridgehead atoms. The number of hydrogen-bond acceptors (Lipinski definition) is 2. The van der Waals surface area contributed by atoms with E-state index in [-0.39, 0.29) is 0 Å². The van der Waals surface area contributed by atoms with Crippen LogP contribution >= 0.6 is 0 Å². The van der Waals surface area contributed by atoms with Crippen LogP contribution in [0.5, 0.6) is 0 Å². The number of imidazole rings is 1. The lowest BCUT2D eigenvalue weighted by Crippen LogP contribution is -1.99. The molecule has 0 saturated carbocycles. The van der Waals surface area contributed by atoms with Gasteiger partial charge in [0.05, 0.1) is 6.33 Å². The van der Waals surface area contributed by atoms with E-state index in [9.17, 15) is 0 Å². The molecule has 2 N–H and O–H groups in total. The van der Waals surface area contributed by atoms with Crippen molar-refractivity contribution < 1.29 is 0 Å². The van der Waals surface area contributed by atoms with Crippen molar-refractivity contribution in [3.8, 4) is 11.3 Å². The number of rotatable bonds is 2. The normalized spacial score (nSPS) is 10.7. The van der Waals surface area contributed by atoms with E-state index in [0.717, 1.165) is 23.6 Å². The average molecular weight is 215 g/mol. The summed E-state index contributed by atoms with van der Waals surface area (Å²) in [6.45, 7) is 7.12. The van der Waals surface area contributed by atoms with Gasteiger partial charge in [-0.05, 0) is 38.0 Å². The van der Waals surface area contributed by atoms with Crippen LogP contribution in [0.4, 0.5) is 5.82 Å². The Morgan fingerprint density at radius 2 is 2.00 bits per heavy atom. The molecule has 0 aliphatic carbocycles. The fraction of sp³-hybridized carbons (Fsp3) is 0.308. The van der Waals surface area contributed by atoms with E-state index in [1.54, 1.807) is 6.33 Å². The Morgan fingerprint density at radius 1 is 1.25 bits per heavy atom. The Hall–Kier alpha value is -1.77. The molecule has 0 aliphatic heterocycles. The van der Waals surface area contributed by atoms with E-state index in [2.05, 4.69) is 44.0 Å². The monoisotopic (exact) mass is 215 g/mol. The third-order valence-electron chi connectivity index (χ3n) is 3.00. The van der Waals surface area contributed by atoms with Gasteiger partial charge in [0.15, 0.2) is 0 Å². The zero-order valence-corrected chi connectivity index (χ0v) is 9.99. The highest BCUT2D eigenvalue weighted by atomic mass is 15.1. The highest BCUT2D eigenvalue weighted by molar-refractivity contribution is 5.71. The van der Waals surface area contributed by atoms with Crippen molar-refractivity contribution in [2.75, 3.05) is 5.73 Å². The predicted octanol–water partition coefficient (Wildman–Crippen LogP) is 2.77. The number of nitrogen functional groups attached to an aromatic ring is 1. The Balaban J connectivity index is 2.50. The molecule has 0 spiro atoms. The third kappa shape index (κ3) is 1.69. The fourth-order valence-corrected chi connectivity index (χ4v) is 1.75. The summed E-state index contributed by atoms with van der Waals surface area (Å²) in [5.74, 6) is 0.741. The maximum Gasteiger partial charge on any atom is 0.131 e. The predicted molar refractivity (Wildman–Crippen MR) is 67.2 cm³/mol. The number of benzene rings is 1. The van der Waals surface area contributed by atoms with Crippen LogP contribution in [-0.2, 0) is 6.54 Å². The highest BCUT2D eigenvalue weighted by Gasteiger charge is 2.09. The molecule has 3 heteroatoms. The molecule has 0 unspecified atom stereocenters. The van der Waals surface area contributed by atoms with Gasteiger partial charge in [-0.3, -0.25) is 0 Å². The van der Waals surface area contributed by atoms with Crippen molar-refractivity contribution >= 4 is 5.82 Å². The molecule has 3 nitrogen and oxygen atoms in total. The van der Waals surface area contributed by atoms with Crippen LogP contribution in [0.25, 0.3) is 11.3 Å². The minimum absolute atomic E-state index is 0.741. The Bertz CT molecular complexity index is 512. The summed E-state index contributed by atoms with van der Waals surface area (Å²) in [6, 6.07) is 6.31. The molecule has 0 amide bonds. The molecule has 0 fully saturated rings. The van der Waals surface area contributed by atoms with Gasteiger partial charge in [0.1, 0.15) is 11.5 Å². The van der Waals surface area contributed by atoms with Crippen LogP contribution in [0, 0.1) is 13.8 Å². The second-order valence-electron chi connectivity index (χ2n) is 4.06.